The molecule has 0 amide bonds. The first-order valence-electron chi connectivity index (χ1n) is 11.7. The number of fused-ring (bicyclic) bond motifs is 1. The highest BCUT2D eigenvalue weighted by Gasteiger charge is 2.36. The number of halogens is 1. The van der Waals surface area contributed by atoms with Crippen LogP contribution in [0.15, 0.2) is 59.9 Å². The zero-order valence-electron chi connectivity index (χ0n) is 19.5. The van der Waals surface area contributed by atoms with E-state index in [1.54, 1.807) is 12.1 Å². The van der Waals surface area contributed by atoms with Crippen LogP contribution in [0, 0.1) is 17.7 Å². The number of nitrogens with two attached hydrogens (primary N) is 1. The smallest absolute Gasteiger partial charge is 0.136 e. The molecule has 0 saturated carbocycles. The molecule has 2 atom stereocenters. The number of anilines is 1. The Kier molecular flexibility index (Phi) is 7.02. The van der Waals surface area contributed by atoms with Crippen molar-refractivity contribution in [1.82, 2.24) is 9.97 Å². The number of ether oxygens (including phenoxy) is 1. The van der Waals surface area contributed by atoms with Crippen molar-refractivity contribution in [2.45, 2.75) is 52.5 Å². The number of hydrogen-bond acceptors (Lipinski definition) is 5. The molecule has 172 valence electrons. The first-order valence-corrected chi connectivity index (χ1v) is 11.7. The molecule has 0 radical (unpaired) electrons. The second-order valence-electron chi connectivity index (χ2n) is 9.03. The summed E-state index contributed by atoms with van der Waals surface area (Å²) in [5.74, 6) is 1.85. The predicted molar refractivity (Wildman–Crippen MR) is 130 cm³/mol. The second-order valence-corrected chi connectivity index (χ2v) is 9.03. The predicted octanol–water partition coefficient (Wildman–Crippen LogP) is 6.73. The van der Waals surface area contributed by atoms with Crippen molar-refractivity contribution in [3.05, 3.63) is 77.5 Å². The minimum absolute atomic E-state index is 0.145. The molecule has 0 spiro atoms. The van der Waals surface area contributed by atoms with Crippen LogP contribution in [-0.4, -0.2) is 15.7 Å². The summed E-state index contributed by atoms with van der Waals surface area (Å²) in [6, 6.07) is 14.0. The van der Waals surface area contributed by atoms with Crippen LogP contribution in [0.2, 0.25) is 0 Å². The summed E-state index contributed by atoms with van der Waals surface area (Å²) in [6.07, 6.45) is 5.80. The van der Waals surface area contributed by atoms with Gasteiger partial charge in [-0.2, -0.15) is 0 Å². The topological polar surface area (TPSA) is 73.4 Å². The van der Waals surface area contributed by atoms with E-state index in [2.05, 4.69) is 30.7 Å². The number of benzene rings is 2. The maximum atomic E-state index is 15.3. The number of aliphatic imine (C=N–C) groups is 1. The quantitative estimate of drug-likeness (QED) is 0.395. The Morgan fingerprint density at radius 3 is 2.55 bits per heavy atom. The SMILES string of the molecule is CCCCC(CC(C)C)C1N=C(c2ccc(Oc3ccccc3)cc2F)c2c(N)ncnc21. The molecule has 1 aliphatic rings. The number of aromatic nitrogens is 2. The fourth-order valence-electron chi connectivity index (χ4n) is 4.53. The molecule has 33 heavy (non-hydrogen) atoms. The highest BCUT2D eigenvalue weighted by molar-refractivity contribution is 6.17. The highest BCUT2D eigenvalue weighted by atomic mass is 19.1. The minimum Gasteiger partial charge on any atom is -0.457 e. The molecule has 0 aliphatic carbocycles. The standard InChI is InChI=1S/C27H31FN4O/c1-4-5-9-18(14-17(2)3)24-26-23(27(29)31-16-30-26)25(32-24)21-13-12-20(15-22(21)28)33-19-10-7-6-8-11-19/h6-8,10-13,15-18,24H,4-5,9,14H2,1-3H3,(H2,29,30,31). The van der Waals surface area contributed by atoms with E-state index in [1.807, 2.05) is 30.3 Å². The first kappa shape index (κ1) is 22.9. The monoisotopic (exact) mass is 446 g/mol. The summed E-state index contributed by atoms with van der Waals surface area (Å²) < 4.78 is 21.1. The van der Waals surface area contributed by atoms with Gasteiger partial charge in [-0.3, -0.25) is 4.99 Å². The van der Waals surface area contributed by atoms with Crippen LogP contribution in [0.4, 0.5) is 10.2 Å². The van der Waals surface area contributed by atoms with Crippen LogP contribution in [0.5, 0.6) is 11.5 Å². The highest BCUT2D eigenvalue weighted by Crippen LogP contribution is 2.42. The molecule has 5 nitrogen and oxygen atoms in total. The lowest BCUT2D eigenvalue weighted by Crippen LogP contribution is -2.15. The van der Waals surface area contributed by atoms with E-state index in [9.17, 15) is 0 Å². The lowest BCUT2D eigenvalue weighted by atomic mass is 9.85. The van der Waals surface area contributed by atoms with Gasteiger partial charge in [0.15, 0.2) is 0 Å². The van der Waals surface area contributed by atoms with Gasteiger partial charge < -0.3 is 10.5 Å². The fourth-order valence-corrected chi connectivity index (χ4v) is 4.53. The van der Waals surface area contributed by atoms with E-state index in [0.29, 0.717) is 46.0 Å². The maximum absolute atomic E-state index is 15.3. The molecule has 3 aromatic rings. The summed E-state index contributed by atoms with van der Waals surface area (Å²) in [5, 5.41) is 0. The van der Waals surface area contributed by atoms with E-state index < -0.39 is 5.82 Å². The van der Waals surface area contributed by atoms with Gasteiger partial charge in [-0.25, -0.2) is 14.4 Å². The van der Waals surface area contributed by atoms with Gasteiger partial charge in [0.2, 0.25) is 0 Å². The summed E-state index contributed by atoms with van der Waals surface area (Å²) in [4.78, 5) is 13.8. The number of para-hydroxylation sites is 1. The van der Waals surface area contributed by atoms with Crippen LogP contribution in [0.1, 0.15) is 69.3 Å². The molecule has 0 saturated heterocycles. The van der Waals surface area contributed by atoms with Crippen LogP contribution < -0.4 is 10.5 Å². The van der Waals surface area contributed by atoms with Gasteiger partial charge in [0.1, 0.15) is 29.5 Å². The lowest BCUT2D eigenvalue weighted by molar-refractivity contribution is 0.323. The van der Waals surface area contributed by atoms with Gasteiger partial charge in [0.05, 0.1) is 23.0 Å². The van der Waals surface area contributed by atoms with Crippen LogP contribution in [0.3, 0.4) is 0 Å². The molecule has 1 aromatic heterocycles. The minimum atomic E-state index is -0.411. The third-order valence-electron chi connectivity index (χ3n) is 6.01. The average molecular weight is 447 g/mol. The van der Waals surface area contributed by atoms with Gasteiger partial charge in [0, 0.05) is 11.6 Å². The molecule has 0 bridgehead atoms. The zero-order valence-corrected chi connectivity index (χ0v) is 19.5. The molecule has 1 aliphatic heterocycles. The zero-order chi connectivity index (χ0) is 23.4. The fraction of sp³-hybridized carbons (Fsp3) is 0.370. The van der Waals surface area contributed by atoms with Crippen molar-refractivity contribution in [2.24, 2.45) is 16.8 Å². The Labute approximate surface area is 195 Å². The number of nitrogen functional groups attached to an aromatic ring is 1. The molecule has 4 rings (SSSR count). The van der Waals surface area contributed by atoms with E-state index in [1.165, 1.54) is 12.4 Å². The number of nitrogens with zero attached hydrogens (tertiary/aromatic N) is 3. The van der Waals surface area contributed by atoms with Gasteiger partial charge >= 0.3 is 0 Å². The van der Waals surface area contributed by atoms with Crippen LogP contribution >= 0.6 is 0 Å². The first-order chi connectivity index (χ1) is 16.0. The van der Waals surface area contributed by atoms with Gasteiger partial charge in [-0.15, -0.1) is 0 Å². The molecule has 2 N–H and O–H groups in total. The Morgan fingerprint density at radius 1 is 1.06 bits per heavy atom. The normalized spacial score (nSPS) is 15.9. The number of hydrogen-bond donors (Lipinski definition) is 1. The Hall–Kier alpha value is -3.28. The molecular weight excluding hydrogens is 415 g/mol. The Morgan fingerprint density at radius 2 is 1.85 bits per heavy atom. The molecule has 0 fully saturated rings. The van der Waals surface area contributed by atoms with E-state index in [-0.39, 0.29) is 6.04 Å². The van der Waals surface area contributed by atoms with Crippen molar-refractivity contribution in [3.8, 4) is 11.5 Å². The van der Waals surface area contributed by atoms with Crippen LogP contribution in [0.25, 0.3) is 0 Å². The van der Waals surface area contributed by atoms with Crippen molar-refractivity contribution in [1.29, 1.82) is 0 Å². The van der Waals surface area contributed by atoms with Crippen molar-refractivity contribution < 1.29 is 9.13 Å². The van der Waals surface area contributed by atoms with Gasteiger partial charge in [0.25, 0.3) is 0 Å². The van der Waals surface area contributed by atoms with Crippen molar-refractivity contribution >= 4 is 11.5 Å². The van der Waals surface area contributed by atoms with E-state index >= 15 is 4.39 Å². The molecule has 2 unspecified atom stereocenters. The summed E-state index contributed by atoms with van der Waals surface area (Å²) >= 11 is 0. The molecule has 2 aromatic carbocycles. The third kappa shape index (κ3) is 5.05. The molecule has 2 heterocycles. The van der Waals surface area contributed by atoms with E-state index in [0.717, 1.165) is 31.4 Å². The van der Waals surface area contributed by atoms with Crippen molar-refractivity contribution in [2.75, 3.05) is 5.73 Å². The third-order valence-corrected chi connectivity index (χ3v) is 6.01. The Balaban J connectivity index is 1.71. The summed E-state index contributed by atoms with van der Waals surface area (Å²) in [6.45, 7) is 6.64. The summed E-state index contributed by atoms with van der Waals surface area (Å²) in [5.41, 5.74) is 8.65. The van der Waals surface area contributed by atoms with Crippen LogP contribution in [-0.2, 0) is 0 Å². The van der Waals surface area contributed by atoms with Gasteiger partial charge in [-0.1, -0.05) is 51.8 Å². The van der Waals surface area contributed by atoms with Gasteiger partial charge in [-0.05, 0) is 48.9 Å². The summed E-state index contributed by atoms with van der Waals surface area (Å²) in [7, 11) is 0. The van der Waals surface area contributed by atoms with Crippen molar-refractivity contribution in [3.63, 3.8) is 0 Å². The molecular formula is C27H31FN4O. The van der Waals surface area contributed by atoms with E-state index in [4.69, 9.17) is 15.5 Å². The average Bonchev–Trinajstić information content (AvgIpc) is 3.18. The lowest BCUT2D eigenvalue weighted by Gasteiger charge is -2.23. The number of unbranched alkanes of at least 4 members (excludes halogenated alkanes) is 1. The number of rotatable bonds is 9. The Bertz CT molecular complexity index is 1130. The largest absolute Gasteiger partial charge is 0.457 e. The maximum Gasteiger partial charge on any atom is 0.136 e. The molecule has 6 heteroatoms. The second kappa shape index (κ2) is 10.1.